The van der Waals surface area contributed by atoms with E-state index in [0.29, 0.717) is 0 Å². The minimum Gasteiger partial charge on any atom is -0.323 e. The molecule has 2 nitrogen and oxygen atoms in total. The highest BCUT2D eigenvalue weighted by atomic mass is 35.5. The van der Waals surface area contributed by atoms with Gasteiger partial charge >= 0.3 is 0 Å². The summed E-state index contributed by atoms with van der Waals surface area (Å²) in [6, 6.07) is 4.60. The third kappa shape index (κ3) is 2.24. The van der Waals surface area contributed by atoms with Gasteiger partial charge in [0, 0.05) is 22.7 Å². The Morgan fingerprint density at radius 3 is 2.81 bits per heavy atom. The molecule has 0 aliphatic carbocycles. The Labute approximate surface area is 102 Å². The first-order valence-electron chi connectivity index (χ1n) is 4.74. The lowest BCUT2D eigenvalue weighted by atomic mass is 10.2. The van der Waals surface area contributed by atoms with Crippen molar-refractivity contribution in [2.45, 2.75) is 13.0 Å². The van der Waals surface area contributed by atoms with Crippen molar-refractivity contribution in [3.63, 3.8) is 0 Å². The molecule has 0 amide bonds. The van der Waals surface area contributed by atoms with Gasteiger partial charge in [-0.1, -0.05) is 17.7 Å². The van der Waals surface area contributed by atoms with Gasteiger partial charge in [0.25, 0.3) is 0 Å². The lowest BCUT2D eigenvalue weighted by Crippen LogP contribution is -2.01. The molecule has 0 aliphatic rings. The zero-order valence-corrected chi connectivity index (χ0v) is 10.1. The highest BCUT2D eigenvalue weighted by Gasteiger charge is 2.09. The van der Waals surface area contributed by atoms with E-state index in [9.17, 15) is 4.39 Å². The van der Waals surface area contributed by atoms with E-state index in [1.165, 1.54) is 23.5 Å². The van der Waals surface area contributed by atoms with Crippen LogP contribution in [0.15, 0.2) is 24.4 Å². The molecule has 0 saturated heterocycles. The SMILES string of the molecule is CC(N)c1cnc(-c2ccc(Cl)c(F)c2)s1. The molecule has 2 aromatic rings. The smallest absolute Gasteiger partial charge is 0.142 e. The molecule has 2 N–H and O–H groups in total. The van der Waals surface area contributed by atoms with Gasteiger partial charge in [-0.3, -0.25) is 0 Å². The molecule has 0 radical (unpaired) electrons. The van der Waals surface area contributed by atoms with Crippen molar-refractivity contribution in [2.75, 3.05) is 0 Å². The summed E-state index contributed by atoms with van der Waals surface area (Å²) >= 11 is 7.07. The second-order valence-corrected chi connectivity index (χ2v) is 4.95. The summed E-state index contributed by atoms with van der Waals surface area (Å²) in [5, 5.41) is 0.871. The Hall–Kier alpha value is -0.970. The van der Waals surface area contributed by atoms with Gasteiger partial charge in [0.05, 0.1) is 5.02 Å². The predicted molar refractivity (Wildman–Crippen MR) is 65.1 cm³/mol. The molecule has 16 heavy (non-hydrogen) atoms. The van der Waals surface area contributed by atoms with Crippen LogP contribution in [0.4, 0.5) is 4.39 Å². The van der Waals surface area contributed by atoms with Gasteiger partial charge in [0.2, 0.25) is 0 Å². The third-order valence-corrected chi connectivity index (χ3v) is 3.69. The van der Waals surface area contributed by atoms with Crippen molar-refractivity contribution in [3.05, 3.63) is 40.1 Å². The Bertz CT molecular complexity index is 510. The number of thiazole rings is 1. The van der Waals surface area contributed by atoms with Gasteiger partial charge < -0.3 is 5.73 Å². The van der Waals surface area contributed by atoms with Crippen LogP contribution in [-0.2, 0) is 0 Å². The fraction of sp³-hybridized carbons (Fsp3) is 0.182. The number of hydrogen-bond donors (Lipinski definition) is 1. The molecule has 2 rings (SSSR count). The molecule has 84 valence electrons. The van der Waals surface area contributed by atoms with E-state index in [-0.39, 0.29) is 11.1 Å². The van der Waals surface area contributed by atoms with Gasteiger partial charge in [-0.2, -0.15) is 0 Å². The Kier molecular flexibility index (Phi) is 3.23. The Morgan fingerprint density at radius 2 is 2.25 bits per heavy atom. The normalized spacial score (nSPS) is 12.8. The van der Waals surface area contributed by atoms with Crippen LogP contribution in [0, 0.1) is 5.82 Å². The first-order valence-corrected chi connectivity index (χ1v) is 5.94. The van der Waals surface area contributed by atoms with E-state index >= 15 is 0 Å². The van der Waals surface area contributed by atoms with Gasteiger partial charge in [-0.05, 0) is 19.1 Å². The second-order valence-electron chi connectivity index (χ2n) is 3.49. The summed E-state index contributed by atoms with van der Waals surface area (Å²) in [6.45, 7) is 1.89. The largest absolute Gasteiger partial charge is 0.323 e. The minimum atomic E-state index is -0.434. The molecular weight excluding hydrogens is 247 g/mol. The van der Waals surface area contributed by atoms with Crippen molar-refractivity contribution in [2.24, 2.45) is 5.73 Å². The van der Waals surface area contributed by atoms with Gasteiger partial charge in [-0.25, -0.2) is 9.37 Å². The van der Waals surface area contributed by atoms with E-state index in [4.69, 9.17) is 17.3 Å². The summed E-state index contributed by atoms with van der Waals surface area (Å²) in [5.41, 5.74) is 6.46. The fourth-order valence-corrected chi connectivity index (χ4v) is 2.24. The van der Waals surface area contributed by atoms with Crippen molar-refractivity contribution in [3.8, 4) is 10.6 Å². The number of nitrogens with two attached hydrogens (primary N) is 1. The van der Waals surface area contributed by atoms with Crippen molar-refractivity contribution < 1.29 is 4.39 Å². The molecule has 5 heteroatoms. The summed E-state index contributed by atoms with van der Waals surface area (Å²) < 4.78 is 13.3. The Morgan fingerprint density at radius 1 is 1.50 bits per heavy atom. The molecule has 1 aromatic heterocycles. The summed E-state index contributed by atoms with van der Waals surface area (Å²) in [7, 11) is 0. The van der Waals surface area contributed by atoms with Gasteiger partial charge in [-0.15, -0.1) is 11.3 Å². The topological polar surface area (TPSA) is 38.9 Å². The van der Waals surface area contributed by atoms with Crippen LogP contribution in [-0.4, -0.2) is 4.98 Å². The van der Waals surface area contributed by atoms with Crippen LogP contribution in [0.1, 0.15) is 17.8 Å². The average Bonchev–Trinajstić information content (AvgIpc) is 2.71. The standard InChI is InChI=1S/C11H10ClFN2S/c1-6(14)10-5-15-11(16-10)7-2-3-8(12)9(13)4-7/h2-6H,14H2,1H3. The quantitative estimate of drug-likeness (QED) is 0.891. The maximum Gasteiger partial charge on any atom is 0.142 e. The minimum absolute atomic E-state index is 0.0524. The van der Waals surface area contributed by atoms with Crippen molar-refractivity contribution in [1.82, 2.24) is 4.98 Å². The molecule has 1 unspecified atom stereocenters. The maximum atomic E-state index is 13.3. The maximum absolute atomic E-state index is 13.3. The van der Waals surface area contributed by atoms with E-state index in [2.05, 4.69) is 4.98 Å². The monoisotopic (exact) mass is 256 g/mol. The summed E-state index contributed by atoms with van der Waals surface area (Å²) in [5.74, 6) is -0.434. The number of halogens is 2. The summed E-state index contributed by atoms with van der Waals surface area (Å²) in [6.07, 6.45) is 1.72. The average molecular weight is 257 g/mol. The number of hydrogen-bond acceptors (Lipinski definition) is 3. The van der Waals surface area contributed by atoms with E-state index < -0.39 is 5.82 Å². The number of aromatic nitrogens is 1. The predicted octanol–water partition coefficient (Wildman–Crippen LogP) is 3.62. The first-order chi connectivity index (χ1) is 7.58. The number of benzene rings is 1. The molecular formula is C11H10ClFN2S. The zero-order chi connectivity index (χ0) is 11.7. The number of nitrogens with zero attached hydrogens (tertiary/aromatic N) is 1. The second kappa shape index (κ2) is 4.49. The van der Waals surface area contributed by atoms with Crippen molar-refractivity contribution >= 4 is 22.9 Å². The molecule has 1 heterocycles. The van der Waals surface area contributed by atoms with E-state index in [1.807, 2.05) is 6.92 Å². The zero-order valence-electron chi connectivity index (χ0n) is 8.58. The van der Waals surface area contributed by atoms with Crippen LogP contribution in [0.5, 0.6) is 0 Å². The van der Waals surface area contributed by atoms with Crippen molar-refractivity contribution in [1.29, 1.82) is 0 Å². The van der Waals surface area contributed by atoms with Crippen LogP contribution in [0.2, 0.25) is 5.02 Å². The van der Waals surface area contributed by atoms with Gasteiger partial charge in [0.1, 0.15) is 10.8 Å². The molecule has 0 bridgehead atoms. The van der Waals surface area contributed by atoms with Gasteiger partial charge in [0.15, 0.2) is 0 Å². The lowest BCUT2D eigenvalue weighted by Gasteiger charge is -1.99. The van der Waals surface area contributed by atoms with Crippen LogP contribution in [0.25, 0.3) is 10.6 Å². The number of rotatable bonds is 2. The molecule has 0 fully saturated rings. The summed E-state index contributed by atoms with van der Waals surface area (Å²) in [4.78, 5) is 5.18. The van der Waals surface area contributed by atoms with E-state index in [0.717, 1.165) is 15.4 Å². The van der Waals surface area contributed by atoms with Crippen LogP contribution >= 0.6 is 22.9 Å². The van der Waals surface area contributed by atoms with E-state index in [1.54, 1.807) is 12.3 Å². The molecule has 1 aromatic carbocycles. The highest BCUT2D eigenvalue weighted by Crippen LogP contribution is 2.29. The molecule has 1 atom stereocenters. The Balaban J connectivity index is 2.39. The lowest BCUT2D eigenvalue weighted by molar-refractivity contribution is 0.629. The molecule has 0 aliphatic heterocycles. The third-order valence-electron chi connectivity index (χ3n) is 2.14. The molecule has 0 saturated carbocycles. The fourth-order valence-electron chi connectivity index (χ4n) is 1.26. The first kappa shape index (κ1) is 11.5. The molecule has 0 spiro atoms. The highest BCUT2D eigenvalue weighted by molar-refractivity contribution is 7.15. The van der Waals surface area contributed by atoms with Crippen LogP contribution in [0.3, 0.4) is 0 Å². The van der Waals surface area contributed by atoms with Crippen LogP contribution < -0.4 is 5.73 Å².